The summed E-state index contributed by atoms with van der Waals surface area (Å²) in [5.74, 6) is 2.25. The van der Waals surface area contributed by atoms with Crippen LogP contribution in [0.2, 0.25) is 0 Å². The van der Waals surface area contributed by atoms with Crippen LogP contribution < -0.4 is 14.2 Å². The third-order valence-electron chi connectivity index (χ3n) is 5.27. The zero-order valence-electron chi connectivity index (χ0n) is 17.0. The van der Waals surface area contributed by atoms with Crippen LogP contribution in [0.15, 0.2) is 65.6 Å². The van der Waals surface area contributed by atoms with E-state index in [4.69, 9.17) is 14.2 Å². The molecule has 0 unspecified atom stereocenters. The van der Waals surface area contributed by atoms with Crippen LogP contribution in [0.1, 0.15) is 0 Å². The molecule has 5 nitrogen and oxygen atoms in total. The van der Waals surface area contributed by atoms with Crippen LogP contribution in [0.5, 0.6) is 17.2 Å². The molecule has 2 heterocycles. The van der Waals surface area contributed by atoms with Gasteiger partial charge in [-0.1, -0.05) is 18.2 Å². The highest BCUT2D eigenvalue weighted by Gasteiger charge is 2.20. The molecular formula is C24H20O5S2. The maximum Gasteiger partial charge on any atom is 0.175 e. The van der Waals surface area contributed by atoms with Crippen molar-refractivity contribution in [2.45, 2.75) is 4.90 Å². The normalized spacial score (nSPS) is 13.4. The predicted molar refractivity (Wildman–Crippen MR) is 123 cm³/mol. The van der Waals surface area contributed by atoms with E-state index in [0.717, 1.165) is 48.9 Å². The Morgan fingerprint density at radius 1 is 0.871 bits per heavy atom. The Labute approximate surface area is 184 Å². The van der Waals surface area contributed by atoms with Gasteiger partial charge in [0.1, 0.15) is 19.0 Å². The van der Waals surface area contributed by atoms with Crippen molar-refractivity contribution in [2.24, 2.45) is 0 Å². The van der Waals surface area contributed by atoms with Crippen LogP contribution >= 0.6 is 11.3 Å². The summed E-state index contributed by atoms with van der Waals surface area (Å²) in [4.78, 5) is 1.36. The van der Waals surface area contributed by atoms with Crippen LogP contribution in [0.4, 0.5) is 0 Å². The van der Waals surface area contributed by atoms with E-state index in [9.17, 15) is 8.42 Å². The van der Waals surface area contributed by atoms with Gasteiger partial charge in [-0.25, -0.2) is 8.42 Å². The maximum atomic E-state index is 11.9. The number of fused-ring (bicyclic) bond motifs is 2. The first-order chi connectivity index (χ1) is 14.9. The van der Waals surface area contributed by atoms with Gasteiger partial charge < -0.3 is 14.2 Å². The Morgan fingerprint density at radius 2 is 1.58 bits per heavy atom. The van der Waals surface area contributed by atoms with E-state index in [1.165, 1.54) is 6.26 Å². The van der Waals surface area contributed by atoms with E-state index in [0.29, 0.717) is 18.1 Å². The molecule has 5 rings (SSSR count). The molecular weight excluding hydrogens is 432 g/mol. The molecule has 0 aliphatic carbocycles. The Morgan fingerprint density at radius 3 is 2.29 bits per heavy atom. The molecule has 0 saturated heterocycles. The number of methoxy groups -OCH3 is 1. The lowest BCUT2D eigenvalue weighted by Crippen LogP contribution is -2.15. The molecule has 31 heavy (non-hydrogen) atoms. The first-order valence-corrected chi connectivity index (χ1v) is 12.5. The standard InChI is InChI=1S/C24H20O5S2/c1-27-17-6-10-22-19(14-17)23(16-5-9-20-21(13-16)29-12-11-28-20)24(30-22)15-3-7-18(8-4-15)31(2,25)26/h3-10,13-14H,11-12H2,1-2H3. The monoisotopic (exact) mass is 452 g/mol. The van der Waals surface area contributed by atoms with Crippen molar-refractivity contribution >= 4 is 31.3 Å². The quantitative estimate of drug-likeness (QED) is 0.414. The highest BCUT2D eigenvalue weighted by atomic mass is 32.2. The molecule has 1 aliphatic heterocycles. The summed E-state index contributed by atoms with van der Waals surface area (Å²) in [7, 11) is -1.60. The van der Waals surface area contributed by atoms with Gasteiger partial charge in [-0.2, -0.15) is 0 Å². The Kier molecular flexibility index (Phi) is 4.87. The molecule has 0 atom stereocenters. The minimum absolute atomic E-state index is 0.305. The summed E-state index contributed by atoms with van der Waals surface area (Å²) in [6.45, 7) is 1.07. The Bertz CT molecular complexity index is 1390. The fraction of sp³-hybridized carbons (Fsp3) is 0.167. The fourth-order valence-corrected chi connectivity index (χ4v) is 5.59. The van der Waals surface area contributed by atoms with Crippen molar-refractivity contribution in [3.8, 4) is 38.8 Å². The smallest absolute Gasteiger partial charge is 0.175 e. The molecule has 0 amide bonds. The van der Waals surface area contributed by atoms with Crippen LogP contribution in [0.3, 0.4) is 0 Å². The van der Waals surface area contributed by atoms with Crippen molar-refractivity contribution in [3.63, 3.8) is 0 Å². The van der Waals surface area contributed by atoms with Crippen molar-refractivity contribution in [1.82, 2.24) is 0 Å². The second-order valence-electron chi connectivity index (χ2n) is 7.32. The lowest BCUT2D eigenvalue weighted by Gasteiger charge is -2.19. The third kappa shape index (κ3) is 3.64. The molecule has 0 spiro atoms. The lowest BCUT2D eigenvalue weighted by atomic mass is 9.98. The summed E-state index contributed by atoms with van der Waals surface area (Å²) < 4.78 is 41.8. The van der Waals surface area contributed by atoms with Crippen LogP contribution in [-0.2, 0) is 9.84 Å². The summed E-state index contributed by atoms with van der Waals surface area (Å²) in [5, 5.41) is 1.07. The molecule has 158 valence electrons. The molecule has 1 aliphatic rings. The zero-order chi connectivity index (χ0) is 21.6. The second-order valence-corrected chi connectivity index (χ2v) is 10.4. The fourth-order valence-electron chi connectivity index (χ4n) is 3.75. The van der Waals surface area contributed by atoms with Crippen molar-refractivity contribution in [1.29, 1.82) is 0 Å². The van der Waals surface area contributed by atoms with Crippen LogP contribution in [0, 0.1) is 0 Å². The third-order valence-corrected chi connectivity index (χ3v) is 7.62. The van der Waals surface area contributed by atoms with E-state index in [1.54, 1.807) is 30.6 Å². The van der Waals surface area contributed by atoms with Gasteiger partial charge in [0.05, 0.1) is 12.0 Å². The number of hydrogen-bond acceptors (Lipinski definition) is 6. The Balaban J connectivity index is 1.73. The summed E-state index contributed by atoms with van der Waals surface area (Å²) in [6.07, 6.45) is 1.22. The summed E-state index contributed by atoms with van der Waals surface area (Å²) in [6, 6.07) is 19.0. The molecule has 0 bridgehead atoms. The molecule has 0 N–H and O–H groups in total. The summed E-state index contributed by atoms with van der Waals surface area (Å²) >= 11 is 1.66. The van der Waals surface area contributed by atoms with Gasteiger partial charge in [0.15, 0.2) is 21.3 Å². The SMILES string of the molecule is COc1ccc2sc(-c3ccc(S(C)(=O)=O)cc3)c(-c3ccc4c(c3)OCCO4)c2c1. The summed E-state index contributed by atoms with van der Waals surface area (Å²) in [5.41, 5.74) is 3.02. The van der Waals surface area contributed by atoms with Gasteiger partial charge in [0.2, 0.25) is 0 Å². The number of sulfone groups is 1. The van der Waals surface area contributed by atoms with Gasteiger partial charge in [-0.05, 0) is 53.6 Å². The predicted octanol–water partition coefficient (Wildman–Crippen LogP) is 5.42. The minimum Gasteiger partial charge on any atom is -0.497 e. The topological polar surface area (TPSA) is 61.8 Å². The van der Waals surface area contributed by atoms with E-state index in [-0.39, 0.29) is 0 Å². The van der Waals surface area contributed by atoms with Crippen LogP contribution in [-0.4, -0.2) is 35.0 Å². The van der Waals surface area contributed by atoms with E-state index in [2.05, 4.69) is 6.07 Å². The molecule has 7 heteroatoms. The largest absolute Gasteiger partial charge is 0.497 e. The first-order valence-electron chi connectivity index (χ1n) is 9.75. The van der Waals surface area contributed by atoms with Crippen molar-refractivity contribution in [3.05, 3.63) is 60.7 Å². The number of thiophene rings is 1. The molecule has 4 aromatic rings. The molecule has 1 aromatic heterocycles. The average molecular weight is 453 g/mol. The van der Waals surface area contributed by atoms with E-state index in [1.807, 2.05) is 42.5 Å². The van der Waals surface area contributed by atoms with Gasteiger partial charge >= 0.3 is 0 Å². The highest BCUT2D eigenvalue weighted by molar-refractivity contribution is 7.90. The average Bonchev–Trinajstić information content (AvgIpc) is 3.17. The van der Waals surface area contributed by atoms with Gasteiger partial charge in [-0.15, -0.1) is 11.3 Å². The van der Waals surface area contributed by atoms with Gasteiger partial charge in [0, 0.05) is 26.8 Å². The van der Waals surface area contributed by atoms with E-state index >= 15 is 0 Å². The van der Waals surface area contributed by atoms with Crippen molar-refractivity contribution in [2.75, 3.05) is 26.6 Å². The molecule has 0 saturated carbocycles. The molecule has 3 aromatic carbocycles. The first kappa shape index (κ1) is 19.9. The van der Waals surface area contributed by atoms with Gasteiger partial charge in [-0.3, -0.25) is 0 Å². The molecule has 0 radical (unpaired) electrons. The number of rotatable bonds is 4. The zero-order valence-corrected chi connectivity index (χ0v) is 18.7. The number of benzene rings is 3. The van der Waals surface area contributed by atoms with Crippen LogP contribution in [0.25, 0.3) is 31.7 Å². The minimum atomic E-state index is -3.25. The highest BCUT2D eigenvalue weighted by Crippen LogP contribution is 2.47. The maximum absolute atomic E-state index is 11.9. The Hall–Kier alpha value is -3.03. The number of hydrogen-bond donors (Lipinski definition) is 0. The van der Waals surface area contributed by atoms with Crippen molar-refractivity contribution < 1.29 is 22.6 Å². The second kappa shape index (κ2) is 7.59. The van der Waals surface area contributed by atoms with E-state index < -0.39 is 9.84 Å². The number of ether oxygens (including phenoxy) is 3. The molecule has 0 fully saturated rings. The van der Waals surface area contributed by atoms with Gasteiger partial charge in [0.25, 0.3) is 0 Å². The lowest BCUT2D eigenvalue weighted by molar-refractivity contribution is 0.171.